The van der Waals surface area contributed by atoms with Gasteiger partial charge in [-0.25, -0.2) is 0 Å². The molecular weight excluding hydrogens is 188 g/mol. The Hall–Kier alpha value is -2.03. The van der Waals surface area contributed by atoms with Crippen LogP contribution >= 0.6 is 0 Å². The second kappa shape index (κ2) is 4.00. The van der Waals surface area contributed by atoms with E-state index in [0.717, 1.165) is 23.0 Å². The highest BCUT2D eigenvalue weighted by molar-refractivity contribution is 5.81. The van der Waals surface area contributed by atoms with Crippen LogP contribution in [0.3, 0.4) is 0 Å². The van der Waals surface area contributed by atoms with Gasteiger partial charge in [-0.1, -0.05) is 6.07 Å². The van der Waals surface area contributed by atoms with Gasteiger partial charge in [-0.2, -0.15) is 0 Å². The van der Waals surface area contributed by atoms with E-state index in [-0.39, 0.29) is 0 Å². The summed E-state index contributed by atoms with van der Waals surface area (Å²) in [5.74, 6) is 0. The standard InChI is InChI=1S/C12H10N2O/c1-9-11(8-15)6-14-7-12(9)10-3-2-4-13-5-10/h2-8H,1H3. The van der Waals surface area contributed by atoms with Gasteiger partial charge in [0.05, 0.1) is 0 Å². The van der Waals surface area contributed by atoms with Gasteiger partial charge in [-0.05, 0) is 18.6 Å². The highest BCUT2D eigenvalue weighted by Gasteiger charge is 2.05. The number of aromatic nitrogens is 2. The minimum absolute atomic E-state index is 0.622. The van der Waals surface area contributed by atoms with E-state index in [4.69, 9.17) is 0 Å². The molecule has 0 aliphatic rings. The number of pyridine rings is 2. The summed E-state index contributed by atoms with van der Waals surface area (Å²) in [7, 11) is 0. The first-order valence-corrected chi connectivity index (χ1v) is 4.63. The molecule has 0 spiro atoms. The molecule has 0 saturated carbocycles. The number of rotatable bonds is 2. The van der Waals surface area contributed by atoms with Crippen LogP contribution in [0.5, 0.6) is 0 Å². The Morgan fingerprint density at radius 2 is 2.07 bits per heavy atom. The van der Waals surface area contributed by atoms with Crippen LogP contribution in [0, 0.1) is 6.92 Å². The van der Waals surface area contributed by atoms with Crippen molar-refractivity contribution in [3.63, 3.8) is 0 Å². The zero-order chi connectivity index (χ0) is 10.7. The zero-order valence-electron chi connectivity index (χ0n) is 8.34. The summed E-state index contributed by atoms with van der Waals surface area (Å²) >= 11 is 0. The van der Waals surface area contributed by atoms with Crippen molar-refractivity contribution in [2.24, 2.45) is 0 Å². The van der Waals surface area contributed by atoms with Crippen LogP contribution in [-0.4, -0.2) is 16.3 Å². The predicted molar refractivity (Wildman–Crippen MR) is 57.6 cm³/mol. The number of hydrogen-bond donors (Lipinski definition) is 0. The Bertz CT molecular complexity index is 480. The van der Waals surface area contributed by atoms with Crippen molar-refractivity contribution in [1.29, 1.82) is 0 Å². The van der Waals surface area contributed by atoms with Gasteiger partial charge in [-0.15, -0.1) is 0 Å². The number of aldehydes is 1. The Kier molecular flexibility index (Phi) is 2.54. The molecule has 0 N–H and O–H groups in total. The second-order valence-corrected chi connectivity index (χ2v) is 3.26. The highest BCUT2D eigenvalue weighted by Crippen LogP contribution is 2.22. The largest absolute Gasteiger partial charge is 0.298 e. The van der Waals surface area contributed by atoms with Crippen molar-refractivity contribution in [1.82, 2.24) is 9.97 Å². The Morgan fingerprint density at radius 3 is 2.73 bits per heavy atom. The predicted octanol–water partition coefficient (Wildman–Crippen LogP) is 2.26. The fourth-order valence-electron chi connectivity index (χ4n) is 1.47. The van der Waals surface area contributed by atoms with Gasteiger partial charge in [-0.3, -0.25) is 14.8 Å². The average molecular weight is 198 g/mol. The molecular formula is C12H10N2O. The molecule has 3 nitrogen and oxygen atoms in total. The van der Waals surface area contributed by atoms with Crippen molar-refractivity contribution in [3.8, 4) is 11.1 Å². The Balaban J connectivity index is 2.59. The first-order chi connectivity index (χ1) is 7.33. The summed E-state index contributed by atoms with van der Waals surface area (Å²) < 4.78 is 0. The quantitative estimate of drug-likeness (QED) is 0.695. The first-order valence-electron chi connectivity index (χ1n) is 4.63. The van der Waals surface area contributed by atoms with E-state index in [1.54, 1.807) is 24.8 Å². The molecule has 2 heterocycles. The van der Waals surface area contributed by atoms with Crippen LogP contribution in [0.15, 0.2) is 36.9 Å². The molecule has 2 aromatic rings. The number of carbonyl (C=O) groups is 1. The summed E-state index contributed by atoms with van der Waals surface area (Å²) in [5, 5.41) is 0. The van der Waals surface area contributed by atoms with Gasteiger partial charge in [0.2, 0.25) is 0 Å². The third-order valence-electron chi connectivity index (χ3n) is 2.35. The molecule has 0 bridgehead atoms. The van der Waals surface area contributed by atoms with E-state index >= 15 is 0 Å². The van der Waals surface area contributed by atoms with Gasteiger partial charge in [0.1, 0.15) is 0 Å². The summed E-state index contributed by atoms with van der Waals surface area (Å²) in [6, 6.07) is 3.81. The van der Waals surface area contributed by atoms with Crippen LogP contribution < -0.4 is 0 Å². The van der Waals surface area contributed by atoms with E-state index in [9.17, 15) is 4.79 Å². The van der Waals surface area contributed by atoms with Crippen molar-refractivity contribution in [2.45, 2.75) is 6.92 Å². The van der Waals surface area contributed by atoms with Crippen LogP contribution in [0.25, 0.3) is 11.1 Å². The van der Waals surface area contributed by atoms with E-state index in [2.05, 4.69) is 9.97 Å². The lowest BCUT2D eigenvalue weighted by Gasteiger charge is -2.06. The average Bonchev–Trinajstić information content (AvgIpc) is 2.30. The number of nitrogens with zero attached hydrogens (tertiary/aromatic N) is 2. The smallest absolute Gasteiger partial charge is 0.151 e. The summed E-state index contributed by atoms with van der Waals surface area (Å²) in [5.41, 5.74) is 3.49. The van der Waals surface area contributed by atoms with Crippen LogP contribution in [0.1, 0.15) is 15.9 Å². The summed E-state index contributed by atoms with van der Waals surface area (Å²) in [4.78, 5) is 18.8. The Morgan fingerprint density at radius 1 is 1.20 bits per heavy atom. The van der Waals surface area contributed by atoms with Crippen LogP contribution in [0.2, 0.25) is 0 Å². The second-order valence-electron chi connectivity index (χ2n) is 3.26. The maximum atomic E-state index is 10.8. The molecule has 2 aromatic heterocycles. The Labute approximate surface area is 87.8 Å². The van der Waals surface area contributed by atoms with Crippen molar-refractivity contribution < 1.29 is 4.79 Å². The molecule has 2 rings (SSSR count). The fraction of sp³-hybridized carbons (Fsp3) is 0.0833. The molecule has 15 heavy (non-hydrogen) atoms. The van der Waals surface area contributed by atoms with E-state index in [0.29, 0.717) is 5.56 Å². The van der Waals surface area contributed by atoms with Crippen LogP contribution in [0.4, 0.5) is 0 Å². The summed E-state index contributed by atoms with van der Waals surface area (Å²) in [6.07, 6.45) is 7.62. The van der Waals surface area contributed by atoms with Crippen molar-refractivity contribution in [3.05, 3.63) is 48.0 Å². The van der Waals surface area contributed by atoms with Gasteiger partial charge in [0, 0.05) is 41.5 Å². The molecule has 0 aliphatic carbocycles. The van der Waals surface area contributed by atoms with E-state index in [1.165, 1.54) is 0 Å². The first kappa shape index (κ1) is 9.52. The fourth-order valence-corrected chi connectivity index (χ4v) is 1.47. The van der Waals surface area contributed by atoms with Crippen molar-refractivity contribution in [2.75, 3.05) is 0 Å². The molecule has 0 radical (unpaired) electrons. The zero-order valence-corrected chi connectivity index (χ0v) is 8.34. The molecule has 3 heteroatoms. The minimum Gasteiger partial charge on any atom is -0.298 e. The minimum atomic E-state index is 0.622. The number of hydrogen-bond acceptors (Lipinski definition) is 3. The monoisotopic (exact) mass is 198 g/mol. The lowest BCUT2D eigenvalue weighted by molar-refractivity contribution is 0.112. The molecule has 0 aliphatic heterocycles. The van der Waals surface area contributed by atoms with Gasteiger partial charge >= 0.3 is 0 Å². The third kappa shape index (κ3) is 1.76. The van der Waals surface area contributed by atoms with Crippen LogP contribution in [-0.2, 0) is 0 Å². The van der Waals surface area contributed by atoms with E-state index in [1.807, 2.05) is 19.1 Å². The summed E-state index contributed by atoms with van der Waals surface area (Å²) in [6.45, 7) is 1.91. The molecule has 0 amide bonds. The number of carbonyl (C=O) groups excluding carboxylic acids is 1. The molecule has 0 unspecified atom stereocenters. The van der Waals surface area contributed by atoms with Gasteiger partial charge in [0.15, 0.2) is 6.29 Å². The molecule has 0 aromatic carbocycles. The highest BCUT2D eigenvalue weighted by atomic mass is 16.1. The lowest BCUT2D eigenvalue weighted by atomic mass is 10.0. The van der Waals surface area contributed by atoms with Gasteiger partial charge < -0.3 is 0 Å². The topological polar surface area (TPSA) is 42.9 Å². The lowest BCUT2D eigenvalue weighted by Crippen LogP contribution is -1.92. The maximum absolute atomic E-state index is 10.8. The van der Waals surface area contributed by atoms with Gasteiger partial charge in [0.25, 0.3) is 0 Å². The maximum Gasteiger partial charge on any atom is 0.151 e. The normalized spacial score (nSPS) is 9.93. The molecule has 0 fully saturated rings. The molecule has 0 atom stereocenters. The van der Waals surface area contributed by atoms with Crippen molar-refractivity contribution >= 4 is 6.29 Å². The molecule has 0 saturated heterocycles. The molecule has 74 valence electrons. The SMILES string of the molecule is Cc1c(C=O)cncc1-c1cccnc1. The van der Waals surface area contributed by atoms with E-state index < -0.39 is 0 Å². The third-order valence-corrected chi connectivity index (χ3v) is 2.35.